The van der Waals surface area contributed by atoms with Gasteiger partial charge in [0.25, 0.3) is 5.91 Å². The second-order valence-corrected chi connectivity index (χ2v) is 6.40. The first-order chi connectivity index (χ1) is 11.5. The highest BCUT2D eigenvalue weighted by Gasteiger charge is 2.26. The molecule has 2 atom stereocenters. The van der Waals surface area contributed by atoms with E-state index in [-0.39, 0.29) is 12.2 Å². The number of hydrogen-bond acceptors (Lipinski definition) is 6. The van der Waals surface area contributed by atoms with Crippen LogP contribution in [-0.2, 0) is 4.74 Å². The molecular formula is C16H18N4O3S. The second kappa shape index (κ2) is 7.06. The van der Waals surface area contributed by atoms with Gasteiger partial charge in [-0.2, -0.15) is 0 Å². The van der Waals surface area contributed by atoms with Crippen LogP contribution in [0.3, 0.4) is 0 Å². The Labute approximate surface area is 143 Å². The van der Waals surface area contributed by atoms with Crippen molar-refractivity contribution in [1.29, 1.82) is 0 Å². The molecule has 1 fully saturated rings. The van der Waals surface area contributed by atoms with Gasteiger partial charge < -0.3 is 9.64 Å². The lowest BCUT2D eigenvalue weighted by atomic mass is 10.1. The van der Waals surface area contributed by atoms with Gasteiger partial charge in [-0.15, -0.1) is 5.10 Å². The van der Waals surface area contributed by atoms with Gasteiger partial charge in [-0.05, 0) is 37.5 Å². The summed E-state index contributed by atoms with van der Waals surface area (Å²) in [6, 6.07) is 6.52. The fourth-order valence-electron chi connectivity index (χ4n) is 2.67. The Morgan fingerprint density at radius 1 is 1.21 bits per heavy atom. The van der Waals surface area contributed by atoms with Gasteiger partial charge in [-0.25, -0.2) is 4.79 Å². The molecule has 1 aliphatic rings. The Bertz CT molecular complexity index is 707. The molecule has 0 unspecified atom stereocenters. The van der Waals surface area contributed by atoms with E-state index in [4.69, 9.17) is 4.74 Å². The van der Waals surface area contributed by atoms with Crippen LogP contribution in [-0.4, -0.2) is 51.7 Å². The maximum atomic E-state index is 12.2. The first kappa shape index (κ1) is 16.5. The summed E-state index contributed by atoms with van der Waals surface area (Å²) >= 11 is 1.27. The zero-order valence-corrected chi connectivity index (χ0v) is 14.2. The van der Waals surface area contributed by atoms with Gasteiger partial charge >= 0.3 is 6.03 Å². The van der Waals surface area contributed by atoms with E-state index in [1.54, 1.807) is 29.2 Å². The molecule has 1 N–H and O–H groups in total. The van der Waals surface area contributed by atoms with Crippen LogP contribution in [0.4, 0.5) is 4.79 Å². The number of urea groups is 1. The van der Waals surface area contributed by atoms with Crippen LogP contribution in [0.2, 0.25) is 0 Å². The number of nitrogens with zero attached hydrogens (tertiary/aromatic N) is 3. The van der Waals surface area contributed by atoms with E-state index >= 15 is 0 Å². The van der Waals surface area contributed by atoms with Crippen molar-refractivity contribution in [2.45, 2.75) is 26.1 Å². The lowest BCUT2D eigenvalue weighted by Gasteiger charge is -2.35. The topological polar surface area (TPSA) is 84.4 Å². The summed E-state index contributed by atoms with van der Waals surface area (Å²) in [6.45, 7) is 4.76. The van der Waals surface area contributed by atoms with Gasteiger partial charge in [0.15, 0.2) is 0 Å². The lowest BCUT2D eigenvalue weighted by Crippen LogP contribution is -2.52. The summed E-state index contributed by atoms with van der Waals surface area (Å²) in [5, 5.41) is 8.24. The van der Waals surface area contributed by atoms with E-state index < -0.39 is 11.9 Å². The van der Waals surface area contributed by atoms with Crippen molar-refractivity contribution in [3.05, 3.63) is 35.2 Å². The normalized spacial score (nSPS) is 20.7. The van der Waals surface area contributed by atoms with E-state index in [1.165, 1.54) is 11.5 Å². The number of amides is 3. The summed E-state index contributed by atoms with van der Waals surface area (Å²) < 4.78 is 9.40. The summed E-state index contributed by atoms with van der Waals surface area (Å²) in [6.07, 6.45) is -0.0822. The predicted octanol–water partition coefficient (Wildman–Crippen LogP) is 2.16. The fourth-order valence-corrected chi connectivity index (χ4v) is 3.14. The molecule has 0 saturated carbocycles. The highest BCUT2D eigenvalue weighted by molar-refractivity contribution is 7.03. The fraction of sp³-hybridized carbons (Fsp3) is 0.375. The molecule has 1 aliphatic heterocycles. The van der Waals surface area contributed by atoms with Crippen LogP contribution < -0.4 is 5.32 Å². The smallest absolute Gasteiger partial charge is 0.324 e. The number of benzene rings is 1. The number of aromatic nitrogens is 2. The number of nitrogens with one attached hydrogen (secondary N) is 1. The van der Waals surface area contributed by atoms with Crippen molar-refractivity contribution < 1.29 is 14.3 Å². The van der Waals surface area contributed by atoms with Crippen molar-refractivity contribution in [1.82, 2.24) is 19.8 Å². The maximum Gasteiger partial charge on any atom is 0.324 e. The van der Waals surface area contributed by atoms with Crippen molar-refractivity contribution in [2.75, 3.05) is 13.1 Å². The largest absolute Gasteiger partial charge is 0.372 e. The van der Waals surface area contributed by atoms with E-state index in [0.29, 0.717) is 18.7 Å². The van der Waals surface area contributed by atoms with Gasteiger partial charge in [0.1, 0.15) is 5.69 Å². The van der Waals surface area contributed by atoms with Crippen molar-refractivity contribution in [3.63, 3.8) is 0 Å². The zero-order chi connectivity index (χ0) is 17.1. The summed E-state index contributed by atoms with van der Waals surface area (Å²) in [4.78, 5) is 26.1. The molecule has 2 heterocycles. The molecule has 0 bridgehead atoms. The Morgan fingerprint density at radius 2 is 1.88 bits per heavy atom. The average Bonchev–Trinajstić information content (AvgIpc) is 3.08. The maximum absolute atomic E-state index is 12.2. The van der Waals surface area contributed by atoms with E-state index in [1.807, 2.05) is 19.2 Å². The minimum Gasteiger partial charge on any atom is -0.372 e. The molecular weight excluding hydrogens is 328 g/mol. The standard InChI is InChI=1S/C16H18N4O3S/c1-10-7-20(8-11(2)23-10)16(22)17-15(21)13-5-3-12(4-6-13)14-9-24-19-18-14/h3-6,9-11H,7-8H2,1-2H3,(H,17,21,22)/t10-,11+. The van der Waals surface area contributed by atoms with Crippen molar-refractivity contribution in [2.24, 2.45) is 0 Å². The molecule has 24 heavy (non-hydrogen) atoms. The molecule has 1 saturated heterocycles. The molecule has 126 valence electrons. The molecule has 3 rings (SSSR count). The predicted molar refractivity (Wildman–Crippen MR) is 89.8 cm³/mol. The second-order valence-electron chi connectivity index (χ2n) is 5.79. The molecule has 7 nitrogen and oxygen atoms in total. The Morgan fingerprint density at radius 3 is 2.46 bits per heavy atom. The number of hydrogen-bond donors (Lipinski definition) is 1. The number of imide groups is 1. The molecule has 0 aliphatic carbocycles. The van der Waals surface area contributed by atoms with Crippen LogP contribution in [0.15, 0.2) is 29.6 Å². The molecule has 1 aromatic carbocycles. The summed E-state index contributed by atoms with van der Waals surface area (Å²) in [7, 11) is 0. The molecule has 3 amide bonds. The molecule has 2 aromatic rings. The van der Waals surface area contributed by atoms with Crippen LogP contribution >= 0.6 is 11.5 Å². The van der Waals surface area contributed by atoms with Gasteiger partial charge in [0.2, 0.25) is 0 Å². The van der Waals surface area contributed by atoms with Crippen molar-refractivity contribution >= 4 is 23.5 Å². The third-order valence-electron chi connectivity index (χ3n) is 3.73. The highest BCUT2D eigenvalue weighted by Crippen LogP contribution is 2.18. The third-order valence-corrected chi connectivity index (χ3v) is 4.23. The monoisotopic (exact) mass is 346 g/mol. The number of morpholine rings is 1. The number of carbonyl (C=O) groups excluding carboxylic acids is 2. The summed E-state index contributed by atoms with van der Waals surface area (Å²) in [5.41, 5.74) is 2.06. The minimum atomic E-state index is -0.422. The third kappa shape index (κ3) is 3.77. The molecule has 0 spiro atoms. The lowest BCUT2D eigenvalue weighted by molar-refractivity contribution is -0.0543. The van der Waals surface area contributed by atoms with Crippen molar-refractivity contribution in [3.8, 4) is 11.3 Å². The quantitative estimate of drug-likeness (QED) is 0.901. The SMILES string of the molecule is C[C@@H]1CN(C(=O)NC(=O)c2ccc(-c3csnn3)cc2)C[C@H](C)O1. The molecule has 8 heteroatoms. The van der Waals surface area contributed by atoms with E-state index in [2.05, 4.69) is 14.9 Å². The highest BCUT2D eigenvalue weighted by atomic mass is 32.1. The van der Waals surface area contributed by atoms with Gasteiger partial charge in [0, 0.05) is 29.6 Å². The number of rotatable bonds is 2. The van der Waals surface area contributed by atoms with Gasteiger partial charge in [0.05, 0.1) is 12.2 Å². The number of carbonyl (C=O) groups is 2. The van der Waals surface area contributed by atoms with Gasteiger partial charge in [-0.1, -0.05) is 16.6 Å². The summed E-state index contributed by atoms with van der Waals surface area (Å²) in [5.74, 6) is -0.422. The van der Waals surface area contributed by atoms with Crippen LogP contribution in [0.25, 0.3) is 11.3 Å². The van der Waals surface area contributed by atoms with Crippen LogP contribution in [0.5, 0.6) is 0 Å². The zero-order valence-electron chi connectivity index (χ0n) is 13.4. The minimum absolute atomic E-state index is 0.0411. The Balaban J connectivity index is 1.63. The Hall–Kier alpha value is -2.32. The molecule has 1 aromatic heterocycles. The number of ether oxygens (including phenoxy) is 1. The van der Waals surface area contributed by atoms with E-state index in [0.717, 1.165) is 11.3 Å². The molecule has 0 radical (unpaired) electrons. The first-order valence-corrected chi connectivity index (χ1v) is 8.50. The van der Waals surface area contributed by atoms with Crippen LogP contribution in [0.1, 0.15) is 24.2 Å². The Kier molecular flexibility index (Phi) is 4.86. The van der Waals surface area contributed by atoms with E-state index in [9.17, 15) is 9.59 Å². The average molecular weight is 346 g/mol. The first-order valence-electron chi connectivity index (χ1n) is 7.66. The van der Waals surface area contributed by atoms with Crippen LogP contribution in [0, 0.1) is 0 Å². The van der Waals surface area contributed by atoms with Gasteiger partial charge in [-0.3, -0.25) is 10.1 Å².